The molecule has 0 radical (unpaired) electrons. The molecule has 314 valence electrons. The zero-order valence-electron chi connectivity index (χ0n) is 34.9. The number of rotatable bonds is 10. The van der Waals surface area contributed by atoms with Crippen molar-refractivity contribution < 1.29 is 23.5 Å². The number of carbonyl (C=O) groups is 3. The average molecular weight is 815 g/mol. The summed E-state index contributed by atoms with van der Waals surface area (Å²) in [5.74, 6) is 1.01. The Labute approximate surface area is 350 Å². The van der Waals surface area contributed by atoms with Gasteiger partial charge in [0, 0.05) is 49.6 Å². The molecular formula is C47H55FN8O4. The van der Waals surface area contributed by atoms with E-state index < -0.39 is 17.7 Å². The first-order chi connectivity index (χ1) is 28.9. The Morgan fingerprint density at radius 1 is 0.767 bits per heavy atom. The number of ether oxygens (including phenoxy) is 1. The quantitative estimate of drug-likeness (QED) is 0.128. The predicted molar refractivity (Wildman–Crippen MR) is 228 cm³/mol. The molecule has 0 aliphatic carbocycles. The molecule has 0 unspecified atom stereocenters. The van der Waals surface area contributed by atoms with Gasteiger partial charge in [-0.05, 0) is 89.5 Å². The smallest absolute Gasteiger partial charge is 0.408 e. The zero-order valence-corrected chi connectivity index (χ0v) is 34.9. The number of aromatic amines is 2. The van der Waals surface area contributed by atoms with Crippen LogP contribution in [0.4, 0.5) is 14.9 Å². The summed E-state index contributed by atoms with van der Waals surface area (Å²) in [5, 5.41) is 2.82. The van der Waals surface area contributed by atoms with Crippen molar-refractivity contribution in [2.24, 2.45) is 0 Å². The standard InChI is InChI=1S/C47H55FN8O4/c1-30(31-13-7-5-8-14-31)44(57)55-23-11-17-39(55)42-50-29-37(52-42)34-19-20-38(35(48)27-34)54-25-21-32(22-26-54)36-28-49-43(51-36)40-18-12-24-56(40)45(58)41(33-15-9-6-10-16-33)53-46(59)60-47(2,3)4/h5-10,13-16,19-20,27-30,32,39-41H,11-12,17-18,21-26H2,1-4H3,(H,49,51)(H,50,52)(H,53,59)/t30-,39+,40+,41-/m1/s1. The molecule has 5 aromatic rings. The molecule has 12 nitrogen and oxygen atoms in total. The van der Waals surface area contributed by atoms with Gasteiger partial charge in [-0.3, -0.25) is 9.59 Å². The molecule has 0 bridgehead atoms. The van der Waals surface area contributed by atoms with E-state index in [2.05, 4.69) is 25.2 Å². The minimum atomic E-state index is -0.902. The van der Waals surface area contributed by atoms with Crippen LogP contribution in [0.5, 0.6) is 0 Å². The average Bonchev–Trinajstić information content (AvgIpc) is 4.09. The van der Waals surface area contributed by atoms with Crippen molar-refractivity contribution in [3.63, 3.8) is 0 Å². The van der Waals surface area contributed by atoms with Crippen LogP contribution in [0.1, 0.15) is 125 Å². The number of H-pyrrole nitrogens is 2. The first kappa shape index (κ1) is 40.8. The Balaban J connectivity index is 0.888. The molecule has 3 aliphatic rings. The molecule has 3 amide bonds. The lowest BCUT2D eigenvalue weighted by Gasteiger charge is -2.33. The fourth-order valence-corrected chi connectivity index (χ4v) is 9.03. The van der Waals surface area contributed by atoms with Gasteiger partial charge in [0.1, 0.15) is 29.1 Å². The van der Waals surface area contributed by atoms with E-state index in [4.69, 9.17) is 9.72 Å². The molecule has 0 saturated carbocycles. The van der Waals surface area contributed by atoms with Gasteiger partial charge in [-0.2, -0.15) is 0 Å². The summed E-state index contributed by atoms with van der Waals surface area (Å²) in [6.45, 7) is 9.92. The molecule has 0 spiro atoms. The molecule has 3 aromatic carbocycles. The first-order valence-electron chi connectivity index (χ1n) is 21.3. The summed E-state index contributed by atoms with van der Waals surface area (Å²) in [4.78, 5) is 62.8. The molecule has 3 N–H and O–H groups in total. The second kappa shape index (κ2) is 17.3. The number of amides is 3. The van der Waals surface area contributed by atoms with Crippen molar-refractivity contribution >= 4 is 23.6 Å². The molecule has 3 aliphatic heterocycles. The van der Waals surface area contributed by atoms with Crippen molar-refractivity contribution in [3.05, 3.63) is 126 Å². The fourth-order valence-electron chi connectivity index (χ4n) is 9.03. The Kier molecular flexibility index (Phi) is 11.8. The zero-order chi connectivity index (χ0) is 42.0. The number of hydrogen-bond acceptors (Lipinski definition) is 7. The molecule has 3 fully saturated rings. The molecule has 4 atom stereocenters. The maximum Gasteiger partial charge on any atom is 0.408 e. The van der Waals surface area contributed by atoms with E-state index in [1.807, 2.05) is 95.7 Å². The van der Waals surface area contributed by atoms with E-state index in [0.717, 1.165) is 67.1 Å². The summed E-state index contributed by atoms with van der Waals surface area (Å²) in [6.07, 6.45) is 7.90. The molecule has 13 heteroatoms. The van der Waals surface area contributed by atoms with Gasteiger partial charge in [0.15, 0.2) is 0 Å². The highest BCUT2D eigenvalue weighted by Gasteiger charge is 2.38. The van der Waals surface area contributed by atoms with Crippen molar-refractivity contribution in [2.45, 2.75) is 102 Å². The number of nitrogens with zero attached hydrogens (tertiary/aromatic N) is 5. The fraction of sp³-hybridized carbons (Fsp3) is 0.426. The van der Waals surface area contributed by atoms with Gasteiger partial charge in [0.05, 0.1) is 35.6 Å². The minimum absolute atomic E-state index is 0.0875. The highest BCUT2D eigenvalue weighted by molar-refractivity contribution is 5.87. The Hall–Kier alpha value is -5.98. The molecule has 3 saturated heterocycles. The third-order valence-corrected chi connectivity index (χ3v) is 12.2. The number of carbonyl (C=O) groups excluding carboxylic acids is 3. The number of hydrogen-bond donors (Lipinski definition) is 3. The summed E-state index contributed by atoms with van der Waals surface area (Å²) in [6, 6.07) is 23.1. The second-order valence-corrected chi connectivity index (χ2v) is 17.3. The number of benzene rings is 3. The third kappa shape index (κ3) is 8.80. The maximum atomic E-state index is 15.8. The van der Waals surface area contributed by atoms with Crippen LogP contribution in [0, 0.1) is 5.82 Å². The minimum Gasteiger partial charge on any atom is -0.444 e. The van der Waals surface area contributed by atoms with Crippen LogP contribution < -0.4 is 10.2 Å². The number of nitrogens with one attached hydrogen (secondary N) is 3. The molecule has 60 heavy (non-hydrogen) atoms. The molecular weight excluding hydrogens is 760 g/mol. The number of alkyl carbamates (subject to hydrolysis) is 1. The lowest BCUT2D eigenvalue weighted by molar-refractivity contribution is -0.135. The normalized spacial score (nSPS) is 19.6. The molecule has 8 rings (SSSR count). The topological polar surface area (TPSA) is 140 Å². The van der Waals surface area contributed by atoms with E-state index in [-0.39, 0.29) is 41.6 Å². The van der Waals surface area contributed by atoms with Crippen LogP contribution in [0.15, 0.2) is 91.3 Å². The van der Waals surface area contributed by atoms with E-state index in [1.165, 1.54) is 0 Å². The van der Waals surface area contributed by atoms with Crippen LogP contribution in [0.25, 0.3) is 11.3 Å². The molecule has 2 aromatic heterocycles. The van der Waals surface area contributed by atoms with Crippen LogP contribution >= 0.6 is 0 Å². The Morgan fingerprint density at radius 3 is 2.00 bits per heavy atom. The van der Waals surface area contributed by atoms with Crippen molar-refractivity contribution in [2.75, 3.05) is 31.1 Å². The summed E-state index contributed by atoms with van der Waals surface area (Å²) >= 11 is 0. The van der Waals surface area contributed by atoms with E-state index in [0.29, 0.717) is 43.0 Å². The maximum absolute atomic E-state index is 15.8. The van der Waals surface area contributed by atoms with Crippen LogP contribution in [0.2, 0.25) is 0 Å². The summed E-state index contributed by atoms with van der Waals surface area (Å²) < 4.78 is 21.4. The number of aromatic nitrogens is 4. The van der Waals surface area contributed by atoms with Gasteiger partial charge in [0.2, 0.25) is 5.91 Å². The monoisotopic (exact) mass is 814 g/mol. The number of imidazole rings is 2. The SMILES string of the molecule is C[C@@H](C(=O)N1CCC[C@H]1c1ncc(-c2ccc(N3CCC(c4cnc([C@@H]5CCCN5C(=O)[C@H](NC(=O)OC(C)(C)C)c5ccccc5)[nH]4)CC3)c(F)c2)[nH]1)c1ccccc1. The molecule has 5 heterocycles. The van der Waals surface area contributed by atoms with Crippen LogP contribution in [-0.2, 0) is 14.3 Å². The van der Waals surface area contributed by atoms with Gasteiger partial charge < -0.3 is 34.7 Å². The van der Waals surface area contributed by atoms with Gasteiger partial charge in [-0.15, -0.1) is 0 Å². The largest absolute Gasteiger partial charge is 0.444 e. The number of anilines is 1. The van der Waals surface area contributed by atoms with Crippen molar-refractivity contribution in [3.8, 4) is 11.3 Å². The number of likely N-dealkylation sites (tertiary alicyclic amines) is 2. The van der Waals surface area contributed by atoms with Gasteiger partial charge in [-0.1, -0.05) is 66.7 Å². The number of piperidine rings is 1. The first-order valence-corrected chi connectivity index (χ1v) is 21.3. The van der Waals surface area contributed by atoms with E-state index in [9.17, 15) is 14.4 Å². The number of halogens is 1. The van der Waals surface area contributed by atoms with Gasteiger partial charge >= 0.3 is 6.09 Å². The highest BCUT2D eigenvalue weighted by atomic mass is 19.1. The van der Waals surface area contributed by atoms with Crippen LogP contribution in [0.3, 0.4) is 0 Å². The van der Waals surface area contributed by atoms with Gasteiger partial charge in [-0.25, -0.2) is 19.2 Å². The highest BCUT2D eigenvalue weighted by Crippen LogP contribution is 2.38. The Morgan fingerprint density at radius 2 is 1.37 bits per heavy atom. The lowest BCUT2D eigenvalue weighted by atomic mass is 9.93. The summed E-state index contributed by atoms with van der Waals surface area (Å²) in [7, 11) is 0. The van der Waals surface area contributed by atoms with Crippen LogP contribution in [-0.4, -0.2) is 79.4 Å². The van der Waals surface area contributed by atoms with Crippen molar-refractivity contribution in [1.29, 1.82) is 0 Å². The van der Waals surface area contributed by atoms with Crippen molar-refractivity contribution in [1.82, 2.24) is 35.1 Å². The predicted octanol–water partition coefficient (Wildman–Crippen LogP) is 8.72. The third-order valence-electron chi connectivity index (χ3n) is 12.2. The second-order valence-electron chi connectivity index (χ2n) is 17.3. The van der Waals surface area contributed by atoms with E-state index >= 15 is 4.39 Å². The Bertz CT molecular complexity index is 2280. The summed E-state index contributed by atoms with van der Waals surface area (Å²) in [5.41, 5.74) is 3.98. The van der Waals surface area contributed by atoms with E-state index in [1.54, 1.807) is 33.0 Å². The lowest BCUT2D eigenvalue weighted by Crippen LogP contribution is -2.44. The van der Waals surface area contributed by atoms with Gasteiger partial charge in [0.25, 0.3) is 5.91 Å².